The van der Waals surface area contributed by atoms with E-state index in [0.29, 0.717) is 5.41 Å². The Balaban J connectivity index is 1.66. The van der Waals surface area contributed by atoms with Crippen molar-refractivity contribution < 1.29 is 4.79 Å². The van der Waals surface area contributed by atoms with Crippen molar-refractivity contribution in [2.24, 2.45) is 5.41 Å². The second-order valence-corrected chi connectivity index (χ2v) is 5.81. The summed E-state index contributed by atoms with van der Waals surface area (Å²) in [6.07, 6.45) is 2.50. The van der Waals surface area contributed by atoms with Gasteiger partial charge in [0.05, 0.1) is 0 Å². The third-order valence-corrected chi connectivity index (χ3v) is 4.17. The molecule has 1 aromatic carbocycles. The van der Waals surface area contributed by atoms with Crippen molar-refractivity contribution in [1.29, 1.82) is 0 Å². The summed E-state index contributed by atoms with van der Waals surface area (Å²) in [6, 6.07) is 7.88. The van der Waals surface area contributed by atoms with Gasteiger partial charge in [0, 0.05) is 30.6 Å². The molecule has 0 radical (unpaired) electrons. The van der Waals surface area contributed by atoms with Gasteiger partial charge in [-0.2, -0.15) is 0 Å². The summed E-state index contributed by atoms with van der Waals surface area (Å²) in [7, 11) is 0. The normalized spacial score (nSPS) is 21.7. The minimum atomic E-state index is 0.190. The SMILES string of the molecule is Cc1cccc(C(=O)N2CC3(CCCNC3)C2)c1. The van der Waals surface area contributed by atoms with Crippen molar-refractivity contribution >= 4 is 5.91 Å². The van der Waals surface area contributed by atoms with E-state index in [1.807, 2.05) is 36.1 Å². The molecule has 0 bridgehead atoms. The average molecular weight is 244 g/mol. The van der Waals surface area contributed by atoms with E-state index < -0.39 is 0 Å². The van der Waals surface area contributed by atoms with Crippen LogP contribution in [0.25, 0.3) is 0 Å². The lowest BCUT2D eigenvalue weighted by atomic mass is 9.74. The van der Waals surface area contributed by atoms with Crippen LogP contribution in [0.15, 0.2) is 24.3 Å². The third-order valence-electron chi connectivity index (χ3n) is 4.17. The van der Waals surface area contributed by atoms with Crippen molar-refractivity contribution in [3.05, 3.63) is 35.4 Å². The number of benzene rings is 1. The van der Waals surface area contributed by atoms with Gasteiger partial charge < -0.3 is 10.2 Å². The Morgan fingerprint density at radius 1 is 1.39 bits per heavy atom. The molecule has 3 nitrogen and oxygen atoms in total. The first-order valence-electron chi connectivity index (χ1n) is 6.75. The molecule has 0 unspecified atom stereocenters. The fraction of sp³-hybridized carbons (Fsp3) is 0.533. The van der Waals surface area contributed by atoms with E-state index in [-0.39, 0.29) is 5.91 Å². The van der Waals surface area contributed by atoms with Crippen LogP contribution in [0.1, 0.15) is 28.8 Å². The molecule has 18 heavy (non-hydrogen) atoms. The van der Waals surface area contributed by atoms with Crippen LogP contribution in [0, 0.1) is 12.3 Å². The molecule has 2 fully saturated rings. The number of carbonyl (C=O) groups is 1. The van der Waals surface area contributed by atoms with Gasteiger partial charge in [-0.15, -0.1) is 0 Å². The number of piperidine rings is 1. The number of likely N-dealkylation sites (tertiary alicyclic amines) is 1. The lowest BCUT2D eigenvalue weighted by Gasteiger charge is -2.52. The van der Waals surface area contributed by atoms with E-state index in [9.17, 15) is 4.79 Å². The highest BCUT2D eigenvalue weighted by Gasteiger charge is 2.45. The Hall–Kier alpha value is -1.35. The molecule has 2 aliphatic rings. The molecule has 2 aliphatic heterocycles. The molecule has 0 aromatic heterocycles. The van der Waals surface area contributed by atoms with Gasteiger partial charge in [-0.1, -0.05) is 17.7 Å². The van der Waals surface area contributed by atoms with E-state index in [1.165, 1.54) is 12.8 Å². The van der Waals surface area contributed by atoms with Gasteiger partial charge in [-0.3, -0.25) is 4.79 Å². The molecule has 3 heteroatoms. The zero-order chi connectivity index (χ0) is 12.6. The van der Waals surface area contributed by atoms with E-state index in [0.717, 1.165) is 37.3 Å². The molecule has 1 amide bonds. The van der Waals surface area contributed by atoms with Gasteiger partial charge in [0.25, 0.3) is 5.91 Å². The van der Waals surface area contributed by atoms with Crippen LogP contribution in [0.2, 0.25) is 0 Å². The number of hydrogen-bond donors (Lipinski definition) is 1. The Kier molecular flexibility index (Phi) is 2.86. The fourth-order valence-electron chi connectivity index (χ4n) is 3.17. The van der Waals surface area contributed by atoms with Crippen LogP contribution < -0.4 is 5.32 Å². The number of nitrogens with one attached hydrogen (secondary N) is 1. The summed E-state index contributed by atoms with van der Waals surface area (Å²) < 4.78 is 0. The van der Waals surface area contributed by atoms with Crippen LogP contribution in [0.3, 0.4) is 0 Å². The Morgan fingerprint density at radius 2 is 2.22 bits per heavy atom. The summed E-state index contributed by atoms with van der Waals surface area (Å²) in [4.78, 5) is 14.3. The lowest BCUT2D eigenvalue weighted by Crippen LogP contribution is -2.63. The molecule has 3 rings (SSSR count). The lowest BCUT2D eigenvalue weighted by molar-refractivity contribution is -0.00722. The van der Waals surface area contributed by atoms with Crippen LogP contribution >= 0.6 is 0 Å². The first-order valence-corrected chi connectivity index (χ1v) is 6.75. The summed E-state index contributed by atoms with van der Waals surface area (Å²) in [5.41, 5.74) is 2.35. The fourth-order valence-corrected chi connectivity index (χ4v) is 3.17. The summed E-state index contributed by atoms with van der Waals surface area (Å²) in [5.74, 6) is 0.190. The molecule has 0 aliphatic carbocycles. The average Bonchev–Trinajstić information content (AvgIpc) is 2.36. The largest absolute Gasteiger partial charge is 0.337 e. The molecule has 1 spiro atoms. The highest BCUT2D eigenvalue weighted by Crippen LogP contribution is 2.37. The monoisotopic (exact) mass is 244 g/mol. The van der Waals surface area contributed by atoms with Crippen molar-refractivity contribution in [2.45, 2.75) is 19.8 Å². The first-order chi connectivity index (χ1) is 8.69. The van der Waals surface area contributed by atoms with E-state index in [2.05, 4.69) is 5.32 Å². The molecule has 0 saturated carbocycles. The van der Waals surface area contributed by atoms with Crippen LogP contribution in [0.4, 0.5) is 0 Å². The maximum atomic E-state index is 12.3. The van der Waals surface area contributed by atoms with E-state index >= 15 is 0 Å². The molecular formula is C15H20N2O. The van der Waals surface area contributed by atoms with Crippen molar-refractivity contribution in [3.63, 3.8) is 0 Å². The highest BCUT2D eigenvalue weighted by molar-refractivity contribution is 5.95. The van der Waals surface area contributed by atoms with Crippen LogP contribution in [-0.2, 0) is 0 Å². The molecule has 1 aromatic rings. The molecular weight excluding hydrogens is 224 g/mol. The predicted molar refractivity (Wildman–Crippen MR) is 71.6 cm³/mol. The summed E-state index contributed by atoms with van der Waals surface area (Å²) in [6.45, 7) is 6.08. The molecule has 2 saturated heterocycles. The van der Waals surface area contributed by atoms with E-state index in [4.69, 9.17) is 0 Å². The van der Waals surface area contributed by atoms with Crippen molar-refractivity contribution in [3.8, 4) is 0 Å². The number of carbonyl (C=O) groups excluding carboxylic acids is 1. The van der Waals surface area contributed by atoms with Gasteiger partial charge in [-0.25, -0.2) is 0 Å². The van der Waals surface area contributed by atoms with Gasteiger partial charge in [0.2, 0.25) is 0 Å². The Bertz CT molecular complexity index is 455. The molecule has 1 N–H and O–H groups in total. The number of hydrogen-bond acceptors (Lipinski definition) is 2. The van der Waals surface area contributed by atoms with E-state index in [1.54, 1.807) is 0 Å². The quantitative estimate of drug-likeness (QED) is 0.817. The summed E-state index contributed by atoms with van der Waals surface area (Å²) in [5, 5.41) is 3.45. The first kappa shape index (κ1) is 11.7. The summed E-state index contributed by atoms with van der Waals surface area (Å²) >= 11 is 0. The van der Waals surface area contributed by atoms with Gasteiger partial charge in [-0.05, 0) is 38.4 Å². The zero-order valence-corrected chi connectivity index (χ0v) is 10.9. The minimum Gasteiger partial charge on any atom is -0.337 e. The highest BCUT2D eigenvalue weighted by atomic mass is 16.2. The second kappa shape index (κ2) is 4.39. The topological polar surface area (TPSA) is 32.3 Å². The Morgan fingerprint density at radius 3 is 2.89 bits per heavy atom. The number of nitrogens with zero attached hydrogens (tertiary/aromatic N) is 1. The maximum Gasteiger partial charge on any atom is 0.253 e. The second-order valence-electron chi connectivity index (χ2n) is 5.81. The van der Waals surface area contributed by atoms with Gasteiger partial charge in [0.15, 0.2) is 0 Å². The van der Waals surface area contributed by atoms with Crippen LogP contribution in [-0.4, -0.2) is 37.0 Å². The minimum absolute atomic E-state index is 0.190. The number of rotatable bonds is 1. The van der Waals surface area contributed by atoms with Gasteiger partial charge >= 0.3 is 0 Å². The standard InChI is InChI=1S/C15H20N2O/c1-12-4-2-5-13(8-12)14(18)17-10-15(11-17)6-3-7-16-9-15/h2,4-5,8,16H,3,6-7,9-11H2,1H3. The van der Waals surface area contributed by atoms with Crippen LogP contribution in [0.5, 0.6) is 0 Å². The number of amides is 1. The predicted octanol–water partition coefficient (Wildman–Crippen LogP) is 1.82. The van der Waals surface area contributed by atoms with Crippen molar-refractivity contribution in [2.75, 3.05) is 26.2 Å². The molecule has 0 atom stereocenters. The zero-order valence-electron chi connectivity index (χ0n) is 10.9. The molecule has 2 heterocycles. The Labute approximate surface area is 108 Å². The molecule has 96 valence electrons. The smallest absolute Gasteiger partial charge is 0.253 e. The number of aryl methyl sites for hydroxylation is 1. The van der Waals surface area contributed by atoms with Gasteiger partial charge in [0.1, 0.15) is 0 Å². The van der Waals surface area contributed by atoms with Crippen molar-refractivity contribution in [1.82, 2.24) is 10.2 Å². The maximum absolute atomic E-state index is 12.3. The third kappa shape index (κ3) is 2.03.